The fourth-order valence-corrected chi connectivity index (χ4v) is 2.02. The first-order chi connectivity index (χ1) is 8.11. The minimum Gasteiger partial charge on any atom is -0.465 e. The second-order valence-electron chi connectivity index (χ2n) is 3.42. The van der Waals surface area contributed by atoms with E-state index in [0.717, 1.165) is 19.2 Å². The number of carbonyl (C=O) groups excluding carboxylic acids is 1. The number of rotatable bonds is 2. The zero-order valence-electron chi connectivity index (χ0n) is 9.41. The summed E-state index contributed by atoms with van der Waals surface area (Å²) in [4.78, 5) is 10.3. The van der Waals surface area contributed by atoms with Crippen LogP contribution in [0.3, 0.4) is 0 Å². The summed E-state index contributed by atoms with van der Waals surface area (Å²) < 4.78 is 63.6. The molecule has 0 amide bonds. The van der Waals surface area contributed by atoms with Crippen LogP contribution in [0.15, 0.2) is 23.1 Å². The number of hydrogen-bond donors (Lipinski definition) is 0. The Labute approximate surface area is 101 Å². The molecule has 0 radical (unpaired) electrons. The summed E-state index contributed by atoms with van der Waals surface area (Å²) >= 11 is 0. The van der Waals surface area contributed by atoms with E-state index < -0.39 is 26.2 Å². The molecule has 0 aromatic heterocycles. The Kier molecular flexibility index (Phi) is 3.70. The summed E-state index contributed by atoms with van der Waals surface area (Å²) in [5.74, 6) is -0.897. The molecule has 0 bridgehead atoms. The predicted octanol–water partition coefficient (Wildman–Crippen LogP) is 2.08. The van der Waals surface area contributed by atoms with E-state index in [9.17, 15) is 26.4 Å². The van der Waals surface area contributed by atoms with Crippen LogP contribution in [0.25, 0.3) is 0 Å². The Morgan fingerprint density at radius 1 is 1.28 bits per heavy atom. The SMILES string of the molecule is COC(=O)c1cc(S(=O)(=O)C(F)(F)F)ccc1C. The highest BCUT2D eigenvalue weighted by Gasteiger charge is 2.47. The van der Waals surface area contributed by atoms with Gasteiger partial charge in [0.25, 0.3) is 9.84 Å². The number of hydrogen-bond acceptors (Lipinski definition) is 4. The highest BCUT2D eigenvalue weighted by atomic mass is 32.2. The molecule has 100 valence electrons. The van der Waals surface area contributed by atoms with Crippen molar-refractivity contribution in [3.8, 4) is 0 Å². The van der Waals surface area contributed by atoms with Gasteiger partial charge in [0, 0.05) is 0 Å². The maximum absolute atomic E-state index is 12.3. The molecular weight excluding hydrogens is 273 g/mol. The number of aryl methyl sites for hydroxylation is 1. The standard InChI is InChI=1S/C10H9F3O4S/c1-6-3-4-7(5-8(6)9(14)17-2)18(15,16)10(11,12)13/h3-5H,1-2H3. The van der Waals surface area contributed by atoms with Gasteiger partial charge in [0.2, 0.25) is 0 Å². The van der Waals surface area contributed by atoms with E-state index >= 15 is 0 Å². The summed E-state index contributed by atoms with van der Waals surface area (Å²) in [6.07, 6.45) is 0. The number of alkyl halides is 3. The third kappa shape index (κ3) is 2.47. The van der Waals surface area contributed by atoms with Gasteiger partial charge in [-0.15, -0.1) is 0 Å². The molecule has 0 unspecified atom stereocenters. The van der Waals surface area contributed by atoms with Gasteiger partial charge in [-0.1, -0.05) is 6.07 Å². The lowest BCUT2D eigenvalue weighted by atomic mass is 10.1. The summed E-state index contributed by atoms with van der Waals surface area (Å²) in [7, 11) is -4.42. The van der Waals surface area contributed by atoms with E-state index in [2.05, 4.69) is 4.74 Å². The van der Waals surface area contributed by atoms with E-state index in [1.54, 1.807) is 0 Å². The second kappa shape index (κ2) is 4.60. The largest absolute Gasteiger partial charge is 0.501 e. The van der Waals surface area contributed by atoms with Crippen molar-refractivity contribution in [1.29, 1.82) is 0 Å². The van der Waals surface area contributed by atoms with Gasteiger partial charge in [-0.3, -0.25) is 0 Å². The van der Waals surface area contributed by atoms with Crippen molar-refractivity contribution >= 4 is 15.8 Å². The van der Waals surface area contributed by atoms with E-state index in [4.69, 9.17) is 0 Å². The molecule has 1 aromatic rings. The van der Waals surface area contributed by atoms with Crippen LogP contribution in [-0.2, 0) is 14.6 Å². The van der Waals surface area contributed by atoms with Crippen molar-refractivity contribution in [2.45, 2.75) is 17.3 Å². The van der Waals surface area contributed by atoms with Gasteiger partial charge in [0.1, 0.15) is 0 Å². The first-order valence-corrected chi connectivity index (χ1v) is 6.10. The van der Waals surface area contributed by atoms with Crippen LogP contribution in [0.4, 0.5) is 13.2 Å². The van der Waals surface area contributed by atoms with E-state index in [1.165, 1.54) is 6.92 Å². The monoisotopic (exact) mass is 282 g/mol. The van der Waals surface area contributed by atoms with Gasteiger partial charge in [0.15, 0.2) is 0 Å². The van der Waals surface area contributed by atoms with Crippen molar-refractivity contribution < 1.29 is 31.1 Å². The molecule has 1 rings (SSSR count). The van der Waals surface area contributed by atoms with Crippen molar-refractivity contribution in [2.24, 2.45) is 0 Å². The number of carbonyl (C=O) groups is 1. The number of sulfone groups is 1. The van der Waals surface area contributed by atoms with Gasteiger partial charge < -0.3 is 4.74 Å². The number of esters is 1. The number of methoxy groups -OCH3 is 1. The minimum absolute atomic E-state index is 0.220. The molecule has 18 heavy (non-hydrogen) atoms. The second-order valence-corrected chi connectivity index (χ2v) is 5.36. The average molecular weight is 282 g/mol. The summed E-state index contributed by atoms with van der Waals surface area (Å²) in [6.45, 7) is 1.45. The van der Waals surface area contributed by atoms with Crippen LogP contribution in [0.5, 0.6) is 0 Å². The van der Waals surface area contributed by atoms with Crippen LogP contribution >= 0.6 is 0 Å². The first-order valence-electron chi connectivity index (χ1n) is 4.61. The highest BCUT2D eigenvalue weighted by molar-refractivity contribution is 7.92. The Morgan fingerprint density at radius 2 is 1.83 bits per heavy atom. The van der Waals surface area contributed by atoms with Crippen LogP contribution in [0.2, 0.25) is 0 Å². The Balaban J connectivity index is 3.43. The third-order valence-corrected chi connectivity index (χ3v) is 3.71. The maximum atomic E-state index is 12.3. The number of ether oxygens (including phenoxy) is 1. The molecule has 8 heteroatoms. The molecule has 0 aliphatic heterocycles. The number of halogens is 3. The van der Waals surface area contributed by atoms with Crippen molar-refractivity contribution in [3.63, 3.8) is 0 Å². The molecule has 0 aliphatic rings. The molecule has 0 aliphatic carbocycles. The summed E-state index contributed by atoms with van der Waals surface area (Å²) in [6, 6.07) is 2.57. The topological polar surface area (TPSA) is 60.4 Å². The van der Waals surface area contributed by atoms with Crippen LogP contribution in [-0.4, -0.2) is 27.0 Å². The molecule has 1 aromatic carbocycles. The Morgan fingerprint density at radius 3 is 2.28 bits per heavy atom. The minimum atomic E-state index is -5.47. The van der Waals surface area contributed by atoms with Crippen LogP contribution in [0.1, 0.15) is 15.9 Å². The smallest absolute Gasteiger partial charge is 0.465 e. The zero-order valence-corrected chi connectivity index (χ0v) is 10.2. The predicted molar refractivity (Wildman–Crippen MR) is 55.8 cm³/mol. The molecule has 0 atom stereocenters. The van der Waals surface area contributed by atoms with E-state index in [-0.39, 0.29) is 5.56 Å². The van der Waals surface area contributed by atoms with Gasteiger partial charge in [-0.25, -0.2) is 13.2 Å². The third-order valence-electron chi connectivity index (χ3n) is 2.23. The van der Waals surface area contributed by atoms with Crippen molar-refractivity contribution in [3.05, 3.63) is 29.3 Å². The lowest BCUT2D eigenvalue weighted by Gasteiger charge is -2.10. The molecule has 0 saturated heterocycles. The van der Waals surface area contributed by atoms with Gasteiger partial charge >= 0.3 is 11.5 Å². The maximum Gasteiger partial charge on any atom is 0.501 e. The van der Waals surface area contributed by atoms with Crippen molar-refractivity contribution in [2.75, 3.05) is 7.11 Å². The zero-order chi connectivity index (χ0) is 14.1. The molecule has 0 spiro atoms. The Bertz CT molecular complexity index is 575. The van der Waals surface area contributed by atoms with Gasteiger partial charge in [-0.2, -0.15) is 13.2 Å². The lowest BCUT2D eigenvalue weighted by molar-refractivity contribution is -0.0436. The number of benzene rings is 1. The lowest BCUT2D eigenvalue weighted by Crippen LogP contribution is -2.23. The summed E-state index contributed by atoms with van der Waals surface area (Å²) in [5.41, 5.74) is -5.30. The quantitative estimate of drug-likeness (QED) is 0.779. The molecule has 0 heterocycles. The first kappa shape index (κ1) is 14.5. The molecule has 0 saturated carbocycles. The average Bonchev–Trinajstić information content (AvgIpc) is 2.26. The fraction of sp³-hybridized carbons (Fsp3) is 0.300. The van der Waals surface area contributed by atoms with Crippen LogP contribution < -0.4 is 0 Å². The van der Waals surface area contributed by atoms with Crippen molar-refractivity contribution in [1.82, 2.24) is 0 Å². The Hall–Kier alpha value is -1.57. The summed E-state index contributed by atoms with van der Waals surface area (Å²) in [5, 5.41) is 0. The van der Waals surface area contributed by atoms with E-state index in [1.807, 2.05) is 0 Å². The molecule has 4 nitrogen and oxygen atoms in total. The fourth-order valence-electron chi connectivity index (χ4n) is 1.23. The molecule has 0 N–H and O–H groups in total. The van der Waals surface area contributed by atoms with Crippen LogP contribution in [0, 0.1) is 6.92 Å². The highest BCUT2D eigenvalue weighted by Crippen LogP contribution is 2.31. The van der Waals surface area contributed by atoms with E-state index in [0.29, 0.717) is 11.6 Å². The normalized spacial score (nSPS) is 12.3. The molecular formula is C10H9F3O4S. The molecule has 0 fully saturated rings. The van der Waals surface area contributed by atoms with Gasteiger partial charge in [-0.05, 0) is 24.6 Å². The van der Waals surface area contributed by atoms with Gasteiger partial charge in [0.05, 0.1) is 17.6 Å².